The maximum Gasteiger partial charge on any atom is 0.325 e. The lowest BCUT2D eigenvalue weighted by Crippen LogP contribution is -2.39. The van der Waals surface area contributed by atoms with Crippen molar-refractivity contribution in [3.8, 4) is 11.5 Å². The second-order valence-electron chi connectivity index (χ2n) is 7.10. The highest BCUT2D eigenvalue weighted by Gasteiger charge is 2.20. The Kier molecular flexibility index (Phi) is 8.96. The van der Waals surface area contributed by atoms with Crippen molar-refractivity contribution in [2.45, 2.75) is 19.8 Å². The number of aliphatic imine (C=N–C) groups is 1. The van der Waals surface area contributed by atoms with Gasteiger partial charge in [0, 0.05) is 17.8 Å². The SMILES string of the molecule is COc1cc(C=Nc2ccc(Cl)cc2)ccc1OC(=O)CN1CCCC(C)C1.Cl. The van der Waals surface area contributed by atoms with Crippen LogP contribution in [0.3, 0.4) is 0 Å². The molecular weight excluding hydrogens is 411 g/mol. The molecule has 0 bridgehead atoms. The molecule has 0 radical (unpaired) electrons. The molecule has 0 amide bonds. The number of rotatable bonds is 6. The van der Waals surface area contributed by atoms with Gasteiger partial charge in [0.1, 0.15) is 0 Å². The van der Waals surface area contributed by atoms with Gasteiger partial charge in [0.05, 0.1) is 19.3 Å². The van der Waals surface area contributed by atoms with Crippen LogP contribution in [0.1, 0.15) is 25.3 Å². The van der Waals surface area contributed by atoms with E-state index < -0.39 is 0 Å². The number of carbonyl (C=O) groups excluding carboxylic acids is 1. The van der Waals surface area contributed by atoms with Gasteiger partial charge in [-0.3, -0.25) is 14.7 Å². The van der Waals surface area contributed by atoms with Crippen molar-refractivity contribution in [1.29, 1.82) is 0 Å². The summed E-state index contributed by atoms with van der Waals surface area (Å²) in [6, 6.07) is 12.6. The molecule has 7 heteroatoms. The minimum Gasteiger partial charge on any atom is -0.493 e. The van der Waals surface area contributed by atoms with E-state index in [-0.39, 0.29) is 18.4 Å². The average molecular weight is 437 g/mol. The average Bonchev–Trinajstić information content (AvgIpc) is 2.68. The number of esters is 1. The van der Waals surface area contributed by atoms with Crippen LogP contribution in [0.5, 0.6) is 11.5 Å². The summed E-state index contributed by atoms with van der Waals surface area (Å²) in [4.78, 5) is 18.9. The Labute approximate surface area is 183 Å². The van der Waals surface area contributed by atoms with Crippen molar-refractivity contribution < 1.29 is 14.3 Å². The summed E-state index contributed by atoms with van der Waals surface area (Å²) in [6.07, 6.45) is 4.07. The zero-order valence-corrected chi connectivity index (χ0v) is 18.2. The standard InChI is InChI=1S/C22H25ClN2O3.ClH/c1-16-4-3-11-25(14-16)15-22(26)28-20-10-5-17(12-21(20)27-2)13-24-19-8-6-18(23)7-9-19;/h5-10,12-13,16H,3-4,11,14-15H2,1-2H3;1H. The number of hydrogen-bond acceptors (Lipinski definition) is 5. The van der Waals surface area contributed by atoms with Crippen LogP contribution in [0.2, 0.25) is 5.02 Å². The van der Waals surface area contributed by atoms with E-state index in [0.717, 1.165) is 30.8 Å². The van der Waals surface area contributed by atoms with E-state index in [4.69, 9.17) is 21.1 Å². The van der Waals surface area contributed by atoms with E-state index in [2.05, 4.69) is 16.8 Å². The number of likely N-dealkylation sites (tertiary alicyclic amines) is 1. The van der Waals surface area contributed by atoms with Crippen LogP contribution in [0.4, 0.5) is 5.69 Å². The van der Waals surface area contributed by atoms with Gasteiger partial charge in [0.2, 0.25) is 0 Å². The van der Waals surface area contributed by atoms with E-state index in [1.165, 1.54) is 6.42 Å². The first-order valence-electron chi connectivity index (χ1n) is 9.44. The summed E-state index contributed by atoms with van der Waals surface area (Å²) >= 11 is 5.88. The van der Waals surface area contributed by atoms with Crippen LogP contribution < -0.4 is 9.47 Å². The number of nitrogens with zero attached hydrogens (tertiary/aromatic N) is 2. The summed E-state index contributed by atoms with van der Waals surface area (Å²) < 4.78 is 10.9. The number of halogens is 2. The molecule has 0 saturated carbocycles. The molecule has 5 nitrogen and oxygen atoms in total. The smallest absolute Gasteiger partial charge is 0.325 e. The largest absolute Gasteiger partial charge is 0.493 e. The van der Waals surface area contributed by atoms with E-state index in [9.17, 15) is 4.79 Å². The molecule has 1 aliphatic heterocycles. The second-order valence-corrected chi connectivity index (χ2v) is 7.54. The third-order valence-corrected chi connectivity index (χ3v) is 4.95. The Morgan fingerprint density at radius 1 is 1.24 bits per heavy atom. The third kappa shape index (κ3) is 7.03. The molecule has 1 aliphatic rings. The molecular formula is C22H26Cl2N2O3. The van der Waals surface area contributed by atoms with Gasteiger partial charge in [0.15, 0.2) is 11.5 Å². The van der Waals surface area contributed by atoms with Crippen molar-refractivity contribution in [3.63, 3.8) is 0 Å². The van der Waals surface area contributed by atoms with E-state index in [1.54, 1.807) is 37.6 Å². The summed E-state index contributed by atoms with van der Waals surface area (Å²) in [5, 5.41) is 0.672. The van der Waals surface area contributed by atoms with Crippen molar-refractivity contribution in [2.75, 3.05) is 26.7 Å². The Balaban J connectivity index is 0.00000300. The molecule has 1 atom stereocenters. The quantitative estimate of drug-likeness (QED) is 0.356. The molecule has 1 fully saturated rings. The van der Waals surface area contributed by atoms with Gasteiger partial charge < -0.3 is 9.47 Å². The predicted molar refractivity (Wildman–Crippen MR) is 119 cm³/mol. The maximum atomic E-state index is 12.3. The summed E-state index contributed by atoms with van der Waals surface area (Å²) in [7, 11) is 1.55. The predicted octanol–water partition coefficient (Wildman–Crippen LogP) is 5.16. The maximum absolute atomic E-state index is 12.3. The minimum absolute atomic E-state index is 0. The van der Waals surface area contributed by atoms with Gasteiger partial charge in [0.25, 0.3) is 0 Å². The summed E-state index contributed by atoms with van der Waals surface area (Å²) in [6.45, 7) is 4.39. The zero-order chi connectivity index (χ0) is 19.9. The fourth-order valence-corrected chi connectivity index (χ4v) is 3.42. The molecule has 0 N–H and O–H groups in total. The highest BCUT2D eigenvalue weighted by Crippen LogP contribution is 2.28. The van der Waals surface area contributed by atoms with E-state index in [0.29, 0.717) is 29.0 Å². The molecule has 2 aromatic carbocycles. The van der Waals surface area contributed by atoms with Crippen LogP contribution in [0.15, 0.2) is 47.5 Å². The molecule has 156 valence electrons. The lowest BCUT2D eigenvalue weighted by molar-refractivity contribution is -0.136. The van der Waals surface area contributed by atoms with Crippen LogP contribution in [-0.2, 0) is 4.79 Å². The van der Waals surface area contributed by atoms with Crippen LogP contribution >= 0.6 is 24.0 Å². The van der Waals surface area contributed by atoms with Gasteiger partial charge >= 0.3 is 5.97 Å². The highest BCUT2D eigenvalue weighted by molar-refractivity contribution is 6.30. The number of methoxy groups -OCH3 is 1. The van der Waals surface area contributed by atoms with Crippen LogP contribution in [0, 0.1) is 5.92 Å². The van der Waals surface area contributed by atoms with Crippen LogP contribution in [-0.4, -0.2) is 43.8 Å². The van der Waals surface area contributed by atoms with Crippen molar-refractivity contribution >= 4 is 41.9 Å². The van der Waals surface area contributed by atoms with Crippen molar-refractivity contribution in [2.24, 2.45) is 10.9 Å². The van der Waals surface area contributed by atoms with E-state index in [1.807, 2.05) is 18.2 Å². The van der Waals surface area contributed by atoms with Crippen molar-refractivity contribution in [3.05, 3.63) is 53.1 Å². The first kappa shape index (κ1) is 23.2. The Hall–Kier alpha value is -2.08. The topological polar surface area (TPSA) is 51.1 Å². The molecule has 1 saturated heterocycles. The van der Waals surface area contributed by atoms with Gasteiger partial charge in [-0.05, 0) is 73.3 Å². The Bertz CT molecular complexity index is 840. The minimum atomic E-state index is -0.269. The Morgan fingerprint density at radius 3 is 2.69 bits per heavy atom. The fraction of sp³-hybridized carbons (Fsp3) is 0.364. The van der Waals surface area contributed by atoms with Gasteiger partial charge in [-0.15, -0.1) is 12.4 Å². The molecule has 2 aromatic rings. The number of benzene rings is 2. The molecule has 3 rings (SSSR count). The second kappa shape index (κ2) is 11.2. The zero-order valence-electron chi connectivity index (χ0n) is 16.6. The first-order chi connectivity index (χ1) is 13.5. The van der Waals surface area contributed by atoms with Gasteiger partial charge in [-0.25, -0.2) is 0 Å². The Morgan fingerprint density at radius 2 is 2.00 bits per heavy atom. The lowest BCUT2D eigenvalue weighted by atomic mass is 10.0. The first-order valence-corrected chi connectivity index (χ1v) is 9.82. The molecule has 29 heavy (non-hydrogen) atoms. The molecule has 0 aromatic heterocycles. The van der Waals surface area contributed by atoms with Gasteiger partial charge in [-0.2, -0.15) is 0 Å². The third-order valence-electron chi connectivity index (χ3n) is 4.69. The van der Waals surface area contributed by atoms with E-state index >= 15 is 0 Å². The monoisotopic (exact) mass is 436 g/mol. The summed E-state index contributed by atoms with van der Waals surface area (Å²) in [5.41, 5.74) is 1.64. The molecule has 1 heterocycles. The number of ether oxygens (including phenoxy) is 2. The number of carbonyl (C=O) groups is 1. The highest BCUT2D eigenvalue weighted by atomic mass is 35.5. The fourth-order valence-electron chi connectivity index (χ4n) is 3.29. The molecule has 0 aliphatic carbocycles. The van der Waals surface area contributed by atoms with Crippen LogP contribution in [0.25, 0.3) is 0 Å². The number of hydrogen-bond donors (Lipinski definition) is 0. The number of piperidine rings is 1. The van der Waals surface area contributed by atoms with Crippen molar-refractivity contribution in [1.82, 2.24) is 4.90 Å². The molecule has 1 unspecified atom stereocenters. The summed E-state index contributed by atoms with van der Waals surface area (Å²) in [5.74, 6) is 1.27. The lowest BCUT2D eigenvalue weighted by Gasteiger charge is -2.29. The van der Waals surface area contributed by atoms with Gasteiger partial charge in [-0.1, -0.05) is 18.5 Å². The molecule has 0 spiro atoms. The normalized spacial score (nSPS) is 17.0.